The van der Waals surface area contributed by atoms with Gasteiger partial charge in [0.2, 0.25) is 0 Å². The molecule has 0 amide bonds. The summed E-state index contributed by atoms with van der Waals surface area (Å²) in [5, 5.41) is 50.0. The number of nitrogens with zero attached hydrogens (tertiary/aromatic N) is 4. The smallest absolute Gasteiger partial charge is 0.175 e. The first kappa shape index (κ1) is 113. The third-order valence-electron chi connectivity index (χ3n) is 23.2. The molecule has 0 aromatic heterocycles. The Morgan fingerprint density at radius 1 is 0.260 bits per heavy atom. The van der Waals surface area contributed by atoms with Gasteiger partial charge in [-0.05, 0) is 251 Å². The molecule has 0 heterocycles. The van der Waals surface area contributed by atoms with Crippen molar-refractivity contribution in [3.05, 3.63) is 206 Å². The van der Waals surface area contributed by atoms with Crippen molar-refractivity contribution in [1.29, 1.82) is 0 Å². The predicted octanol–water partition coefficient (Wildman–Crippen LogP) is 14.8. The van der Waals surface area contributed by atoms with Crippen molar-refractivity contribution in [2.24, 2.45) is 40.3 Å². The van der Waals surface area contributed by atoms with Gasteiger partial charge >= 0.3 is 0 Å². The maximum absolute atomic E-state index is 12.5. The number of allylic oxidation sites excluding steroid dienone is 16. The third-order valence-corrected chi connectivity index (χ3v) is 30.7. The Bertz CT molecular complexity index is 4550. The SMILES string of the molecule is CC1=C(C)C(C)(C)C(c2cccc(C(=N[Si](C)(C)C)N[Si](C)(C)C)c2C(=O)[O-])=C1C.CC1=C(C)C(C)(C)C(c2cccc(C(=N[Si](C)(C)C)N[Si](C)(C)C)c2C(=O)[O-])=C1C.CC1=C(C)C(C)(C)C(c2cccc(C(=N[Si](C)(C)C)N[Si](C)(C)C)c2C(=O)[O-])=C1C.CC1=C(C)C(C)(C)C(c2cccc(C(=N[Si](C)(C)C)N[Si](C)(C)C)c2C(=O)[O-])=C1C.[Cl-].[Cl-].[Ti]. The van der Waals surface area contributed by atoms with Crippen LogP contribution in [-0.4, -0.2) is 113 Å². The number of hydrogen-bond acceptors (Lipinski definition) is 12. The summed E-state index contributed by atoms with van der Waals surface area (Å²) in [6.07, 6.45) is 0. The van der Waals surface area contributed by atoms with E-state index in [0.29, 0.717) is 45.6 Å². The minimum Gasteiger partial charge on any atom is -1.00 e. The fourth-order valence-corrected chi connectivity index (χ4v) is 24.1. The second-order valence-corrected chi connectivity index (χ2v) is 80.8. The molecule has 4 aromatic carbocycles. The summed E-state index contributed by atoms with van der Waals surface area (Å²) in [5.74, 6) is -1.82. The maximum atomic E-state index is 12.5. The molecule has 0 atom stereocenters. The normalized spacial score (nSPS) is 17.2. The zero-order chi connectivity index (χ0) is 92.9. The fourth-order valence-electron chi connectivity index (χ4n) is 16.6. The molecule has 123 heavy (non-hydrogen) atoms. The van der Waals surface area contributed by atoms with Gasteiger partial charge in [-0.25, -0.2) is 0 Å². The third kappa shape index (κ3) is 27.3. The Morgan fingerprint density at radius 2 is 0.398 bits per heavy atom. The molecule has 27 heteroatoms. The number of amidine groups is 4. The molecular weight excluding hydrogens is 1740 g/mol. The number of carboxylic acid groups (broad SMARTS) is 4. The molecule has 4 aliphatic rings. The maximum Gasteiger partial charge on any atom is 0.175 e. The van der Waals surface area contributed by atoms with Crippen molar-refractivity contribution in [2.45, 2.75) is 296 Å². The number of halogens is 2. The molecule has 4 aromatic rings. The molecule has 4 aliphatic carbocycles. The quantitative estimate of drug-likeness (QED) is 0.0366. The Balaban J connectivity index is 0.000000551. The molecule has 0 unspecified atom stereocenters. The van der Waals surface area contributed by atoms with Gasteiger partial charge in [-0.15, -0.1) is 0 Å². The van der Waals surface area contributed by atoms with E-state index in [9.17, 15) is 39.6 Å². The Morgan fingerprint density at radius 3 is 0.496 bits per heavy atom. The molecule has 0 spiro atoms. The number of carbonyl (C=O) groups is 4. The summed E-state index contributed by atoms with van der Waals surface area (Å²) in [6.45, 7) is 94.9. The van der Waals surface area contributed by atoms with E-state index in [-0.39, 0.29) is 90.4 Å². The standard InChI is InChI=1S/4C24H38N2O2Si2.2ClH.Ti/c4*1-15-16(2)21(24(4,5)17(15)3)18-13-12-14-19(20(18)23(27)28)22(25-29(6,7)8)26-30(9,10)11;;;/h4*12-14H,1-11H3,(H,25,26)(H,27,28);2*1H;/p-6. The van der Waals surface area contributed by atoms with Crippen molar-refractivity contribution in [1.82, 2.24) is 19.9 Å². The first-order valence-electron chi connectivity index (χ1n) is 42.4. The first-order valence-corrected chi connectivity index (χ1v) is 70.2. The zero-order valence-corrected chi connectivity index (χ0v) is 94.3. The van der Waals surface area contributed by atoms with Crippen LogP contribution in [0.15, 0.2) is 158 Å². The topological polar surface area (TPSA) is 258 Å². The van der Waals surface area contributed by atoms with Crippen LogP contribution in [0.1, 0.15) is 224 Å². The van der Waals surface area contributed by atoms with Crippen LogP contribution >= 0.6 is 0 Å². The van der Waals surface area contributed by atoms with E-state index < -0.39 is 89.8 Å². The second kappa shape index (κ2) is 40.5. The van der Waals surface area contributed by atoms with Gasteiger partial charge in [0.25, 0.3) is 0 Å². The molecule has 0 saturated carbocycles. The minimum absolute atomic E-state index is 0. The summed E-state index contributed by atoms with van der Waals surface area (Å²) < 4.78 is 20.1. The van der Waals surface area contributed by atoms with E-state index in [1.165, 1.54) is 44.6 Å². The van der Waals surface area contributed by atoms with Crippen LogP contribution in [0.5, 0.6) is 0 Å². The summed E-state index contributed by atoms with van der Waals surface area (Å²) in [5.41, 5.74) is 24.5. The predicted molar refractivity (Wildman–Crippen MR) is 528 cm³/mol. The van der Waals surface area contributed by atoms with Crippen molar-refractivity contribution < 1.29 is 86.1 Å². The molecule has 676 valence electrons. The fraction of sp³-hybridized carbons (Fsp3) is 0.500. The van der Waals surface area contributed by atoms with Gasteiger partial charge in [0.15, 0.2) is 32.9 Å². The first-order chi connectivity index (χ1) is 53.9. The van der Waals surface area contributed by atoms with Crippen molar-refractivity contribution in [3.8, 4) is 0 Å². The van der Waals surface area contributed by atoms with Gasteiger partial charge in [0.1, 0.15) is 56.3 Å². The van der Waals surface area contributed by atoms with Crippen LogP contribution in [0.3, 0.4) is 0 Å². The largest absolute Gasteiger partial charge is 1.00 e. The molecule has 0 aliphatic heterocycles. The summed E-state index contributed by atoms with van der Waals surface area (Å²) >= 11 is 0. The van der Waals surface area contributed by atoms with Crippen molar-refractivity contribution >= 4 is 135 Å². The monoisotopic (exact) mass is 1880 g/mol. The van der Waals surface area contributed by atoms with Gasteiger partial charge in [0.05, 0.1) is 23.9 Å². The second-order valence-electron chi connectivity index (χ2n) is 43.6. The van der Waals surface area contributed by atoms with Gasteiger partial charge < -0.3 is 103 Å². The molecule has 8 rings (SSSR count). The number of benzene rings is 4. The van der Waals surface area contributed by atoms with Crippen LogP contribution in [-0.2, 0) is 21.7 Å². The van der Waals surface area contributed by atoms with Crippen LogP contribution < -0.4 is 65.2 Å². The van der Waals surface area contributed by atoms with Gasteiger partial charge in [-0.3, -0.25) is 0 Å². The number of hydrogen-bond donors (Lipinski definition) is 4. The van der Waals surface area contributed by atoms with Gasteiger partial charge in [0, 0.05) is 87.9 Å². The molecular formula is C96H148Cl2N8O8Si8Ti-6. The molecule has 16 nitrogen and oxygen atoms in total. The van der Waals surface area contributed by atoms with Gasteiger partial charge in [-0.1, -0.05) is 229 Å². The van der Waals surface area contributed by atoms with E-state index in [0.717, 1.165) is 66.8 Å². The van der Waals surface area contributed by atoms with E-state index in [4.69, 9.17) is 18.6 Å². The molecule has 4 N–H and O–H groups in total. The number of carboxylic acids is 4. The molecule has 0 saturated heterocycles. The van der Waals surface area contributed by atoms with E-state index in [1.54, 1.807) is 0 Å². The van der Waals surface area contributed by atoms with E-state index >= 15 is 0 Å². The summed E-state index contributed by atoms with van der Waals surface area (Å²) in [6, 6.07) is 22.9. The average Bonchev–Trinajstić information content (AvgIpc) is 1.62. The average molecular weight is 1890 g/mol. The Hall–Kier alpha value is -6.41. The van der Waals surface area contributed by atoms with Crippen LogP contribution in [0.2, 0.25) is 157 Å². The van der Waals surface area contributed by atoms with Crippen LogP contribution in [0.4, 0.5) is 0 Å². The molecule has 0 bridgehead atoms. The molecule has 0 radical (unpaired) electrons. The van der Waals surface area contributed by atoms with E-state index in [1.807, 2.05) is 72.8 Å². The van der Waals surface area contributed by atoms with Crippen molar-refractivity contribution in [3.63, 3.8) is 0 Å². The summed E-state index contributed by atoms with van der Waals surface area (Å²) in [4.78, 5) is 64.4. The summed E-state index contributed by atoms with van der Waals surface area (Å²) in [7, 11) is -14.5. The minimum atomic E-state index is -1.86. The van der Waals surface area contributed by atoms with Crippen LogP contribution in [0.25, 0.3) is 22.3 Å². The number of nitrogens with one attached hydrogen (secondary N) is 4. The number of rotatable bonds is 20. The zero-order valence-electron chi connectivity index (χ0n) is 83.2. The number of carbonyl (C=O) groups excluding carboxylic acids is 4. The Labute approximate surface area is 777 Å². The van der Waals surface area contributed by atoms with E-state index in [2.05, 4.69) is 316 Å². The van der Waals surface area contributed by atoms with Gasteiger partial charge in [-0.2, -0.15) is 0 Å². The number of aromatic carboxylic acids is 4. The van der Waals surface area contributed by atoms with Crippen LogP contribution in [0, 0.1) is 21.7 Å². The van der Waals surface area contributed by atoms with Crippen molar-refractivity contribution in [2.75, 3.05) is 0 Å². The molecule has 0 fully saturated rings. The Kier molecular flexibility index (Phi) is 37.1.